The second-order valence-electron chi connectivity index (χ2n) is 16.6. The average Bonchev–Trinajstić information content (AvgIpc) is 3.68. The number of hydrogen-bond acceptors (Lipinski definition) is 8. The Kier molecular flexibility index (Phi) is 11.7. The van der Waals surface area contributed by atoms with Gasteiger partial charge >= 0.3 is 0 Å². The zero-order valence-electron chi connectivity index (χ0n) is 37.3. The second-order valence-corrected chi connectivity index (χ2v) is 18.0. The number of rotatable bonds is 14. The number of aryl methyl sites for hydroxylation is 1. The molecule has 1 aliphatic carbocycles. The van der Waals surface area contributed by atoms with E-state index in [4.69, 9.17) is 18.9 Å². The van der Waals surface area contributed by atoms with Crippen LogP contribution < -0.4 is 18.9 Å². The number of ether oxygens (including phenoxy) is 4. The van der Waals surface area contributed by atoms with Gasteiger partial charge in [0.2, 0.25) is 0 Å². The highest BCUT2D eigenvalue weighted by Gasteiger charge is 2.46. The summed E-state index contributed by atoms with van der Waals surface area (Å²) in [4.78, 5) is 26.0. The molecular weight excluding hydrogens is 885 g/mol. The van der Waals surface area contributed by atoms with Crippen LogP contribution in [-0.4, -0.2) is 31.6 Å². The Morgan fingerprint density at radius 2 is 0.797 bits per heavy atom. The van der Waals surface area contributed by atoms with Crippen molar-refractivity contribution in [3.05, 3.63) is 262 Å². The summed E-state index contributed by atoms with van der Waals surface area (Å²) >= 11 is 0. The van der Waals surface area contributed by atoms with Gasteiger partial charge in [-0.25, -0.2) is 0 Å². The highest BCUT2D eigenvalue weighted by atomic mass is 32.2. The van der Waals surface area contributed by atoms with Crippen LogP contribution >= 0.6 is 0 Å². The van der Waals surface area contributed by atoms with Gasteiger partial charge in [-0.15, -0.1) is 0 Å². The van der Waals surface area contributed by atoms with Crippen LogP contribution in [0.15, 0.2) is 217 Å². The van der Waals surface area contributed by atoms with E-state index >= 15 is 0 Å². The highest BCUT2D eigenvalue weighted by Crippen LogP contribution is 2.56. The number of ketones is 2. The molecule has 0 radical (unpaired) electrons. The van der Waals surface area contributed by atoms with Crippen LogP contribution in [0.5, 0.6) is 40.2 Å². The van der Waals surface area contributed by atoms with E-state index in [0.29, 0.717) is 39.5 Å². The molecule has 0 aromatic heterocycles. The number of hydrogen-bond donors (Lipinski definition) is 1. The van der Waals surface area contributed by atoms with Gasteiger partial charge in [0.15, 0.2) is 11.6 Å². The molecule has 0 unspecified atom stereocenters. The van der Waals surface area contributed by atoms with E-state index in [1.54, 1.807) is 79.9 Å². The van der Waals surface area contributed by atoms with Crippen molar-refractivity contribution in [1.29, 1.82) is 0 Å². The molecule has 0 saturated carbocycles. The summed E-state index contributed by atoms with van der Waals surface area (Å²) in [5, 5.41) is 0. The first kappa shape index (κ1) is 44.3. The molecule has 9 aromatic rings. The molecule has 0 amide bonds. The van der Waals surface area contributed by atoms with Crippen molar-refractivity contribution in [2.75, 3.05) is 7.11 Å². The van der Waals surface area contributed by atoms with Crippen molar-refractivity contribution in [3.8, 4) is 51.4 Å². The summed E-state index contributed by atoms with van der Waals surface area (Å²) in [5.74, 6) is 2.11. The number of methoxy groups -OCH3 is 1. The first-order chi connectivity index (χ1) is 33.5. The van der Waals surface area contributed by atoms with E-state index in [9.17, 15) is 22.6 Å². The Hall–Kier alpha value is -8.57. The van der Waals surface area contributed by atoms with Gasteiger partial charge in [0.25, 0.3) is 10.1 Å². The third-order valence-electron chi connectivity index (χ3n) is 12.3. The first-order valence-electron chi connectivity index (χ1n) is 22.0. The molecule has 338 valence electrons. The number of carbonyl (C=O) groups is 2. The molecule has 0 spiro atoms. The average molecular weight is 927 g/mol. The molecule has 0 fully saturated rings. The molecule has 69 heavy (non-hydrogen) atoms. The summed E-state index contributed by atoms with van der Waals surface area (Å²) in [6.07, 6.45) is 0. The van der Waals surface area contributed by atoms with Gasteiger partial charge in [0, 0.05) is 28.3 Å². The molecule has 0 heterocycles. The number of benzene rings is 9. The fourth-order valence-electron chi connectivity index (χ4n) is 8.94. The van der Waals surface area contributed by atoms with Gasteiger partial charge in [0.05, 0.1) is 12.5 Å². The maximum atomic E-state index is 13.6. The monoisotopic (exact) mass is 926 g/mol. The second kappa shape index (κ2) is 18.3. The smallest absolute Gasteiger partial charge is 0.298 e. The maximum absolute atomic E-state index is 13.6. The molecule has 1 aliphatic rings. The summed E-state index contributed by atoms with van der Waals surface area (Å²) in [5.41, 5.74) is 9.29. The molecular formula is C59H42O9S. The molecule has 9 nitrogen and oxygen atoms in total. The first-order valence-corrected chi connectivity index (χ1v) is 23.5. The van der Waals surface area contributed by atoms with Crippen LogP contribution in [0, 0.1) is 6.92 Å². The van der Waals surface area contributed by atoms with Gasteiger partial charge in [-0.1, -0.05) is 103 Å². The SMILES string of the molecule is COc1ccc(C2(c3ccc(Oc4ccc(C(=O)c5ccc(Oc6ccc(Oc7ccc(C(=O)c8ccc(C)cc8)cc7)cc6S(=O)(=O)O)cc5)cc4)cc3)c3ccccc3-c3ccccc32)cc1. The lowest BCUT2D eigenvalue weighted by molar-refractivity contribution is 0.103. The molecule has 0 atom stereocenters. The Bertz CT molecular complexity index is 3430. The van der Waals surface area contributed by atoms with Gasteiger partial charge in [-0.3, -0.25) is 14.1 Å². The van der Waals surface area contributed by atoms with E-state index in [-0.39, 0.29) is 28.8 Å². The van der Waals surface area contributed by atoms with Crippen molar-refractivity contribution < 1.29 is 41.5 Å². The Balaban J connectivity index is 0.811. The number of carbonyl (C=O) groups excluding carboxylic acids is 2. The third kappa shape index (κ3) is 8.66. The summed E-state index contributed by atoms with van der Waals surface area (Å²) in [6, 6.07) is 64.3. The maximum Gasteiger partial charge on any atom is 0.298 e. The van der Waals surface area contributed by atoms with E-state index < -0.39 is 20.4 Å². The molecule has 0 aliphatic heterocycles. The van der Waals surface area contributed by atoms with Crippen molar-refractivity contribution >= 4 is 21.7 Å². The fraction of sp³-hybridized carbons (Fsp3) is 0.0508. The van der Waals surface area contributed by atoms with Gasteiger partial charge < -0.3 is 18.9 Å². The van der Waals surface area contributed by atoms with Crippen molar-refractivity contribution in [1.82, 2.24) is 0 Å². The summed E-state index contributed by atoms with van der Waals surface area (Å²) < 4.78 is 58.7. The topological polar surface area (TPSA) is 125 Å². The predicted molar refractivity (Wildman–Crippen MR) is 264 cm³/mol. The molecule has 1 N–H and O–H groups in total. The highest BCUT2D eigenvalue weighted by molar-refractivity contribution is 7.86. The zero-order chi connectivity index (χ0) is 47.7. The summed E-state index contributed by atoms with van der Waals surface area (Å²) in [7, 11) is -3.09. The Labute approximate surface area is 399 Å². The minimum atomic E-state index is -4.76. The molecule has 10 rings (SSSR count). The quantitative estimate of drug-likeness (QED) is 0.0838. The minimum absolute atomic E-state index is 0.110. The van der Waals surface area contributed by atoms with Gasteiger partial charge in [0.1, 0.15) is 45.1 Å². The lowest BCUT2D eigenvalue weighted by Crippen LogP contribution is -2.28. The van der Waals surface area contributed by atoms with Crippen molar-refractivity contribution in [3.63, 3.8) is 0 Å². The molecule has 0 bridgehead atoms. The van der Waals surface area contributed by atoms with Crippen LogP contribution in [-0.2, 0) is 15.5 Å². The number of fused-ring (bicyclic) bond motifs is 3. The zero-order valence-corrected chi connectivity index (χ0v) is 38.1. The van der Waals surface area contributed by atoms with Gasteiger partial charge in [-0.2, -0.15) is 8.42 Å². The van der Waals surface area contributed by atoms with E-state index in [1.807, 2.05) is 43.3 Å². The van der Waals surface area contributed by atoms with Gasteiger partial charge in [-0.05, 0) is 149 Å². The van der Waals surface area contributed by atoms with Crippen molar-refractivity contribution in [2.45, 2.75) is 17.2 Å². The van der Waals surface area contributed by atoms with E-state index in [0.717, 1.165) is 28.5 Å². The van der Waals surface area contributed by atoms with Crippen LogP contribution in [0.4, 0.5) is 0 Å². The largest absolute Gasteiger partial charge is 0.497 e. The fourth-order valence-corrected chi connectivity index (χ4v) is 9.57. The lowest BCUT2D eigenvalue weighted by Gasteiger charge is -2.34. The summed E-state index contributed by atoms with van der Waals surface area (Å²) in [6.45, 7) is 1.95. The molecule has 0 saturated heterocycles. The predicted octanol–water partition coefficient (Wildman–Crippen LogP) is 13.5. The van der Waals surface area contributed by atoms with Crippen LogP contribution in [0.2, 0.25) is 0 Å². The standard InChI is InChI=1S/C59H42O9S/c1-38-11-13-39(14-12-38)57(60)40-17-27-47(28-18-40)67-50-35-36-55(56(37-50)69(62,63)64)68-49-29-19-42(20-30-49)58(61)41-15-25-46(26-16-41)66-48-33-23-44(24-34-48)59(43-21-31-45(65-2)32-22-43)53-9-5-3-7-51(53)52-8-4-6-10-54(52)59/h3-37H,1-2H3,(H,62,63,64). The minimum Gasteiger partial charge on any atom is -0.497 e. The molecule has 10 heteroatoms. The lowest BCUT2D eigenvalue weighted by atomic mass is 9.68. The Morgan fingerprint density at radius 3 is 1.23 bits per heavy atom. The van der Waals surface area contributed by atoms with Crippen LogP contribution in [0.3, 0.4) is 0 Å². The van der Waals surface area contributed by atoms with E-state index in [1.165, 1.54) is 46.5 Å². The third-order valence-corrected chi connectivity index (χ3v) is 13.2. The van der Waals surface area contributed by atoms with Crippen LogP contribution in [0.25, 0.3) is 11.1 Å². The van der Waals surface area contributed by atoms with Crippen LogP contribution in [0.1, 0.15) is 59.7 Å². The molecule has 9 aromatic carbocycles. The van der Waals surface area contributed by atoms with E-state index in [2.05, 4.69) is 72.8 Å². The van der Waals surface area contributed by atoms with Crippen molar-refractivity contribution in [2.24, 2.45) is 0 Å². The normalized spacial score (nSPS) is 12.3. The Morgan fingerprint density at radius 1 is 0.435 bits per heavy atom.